The third-order valence-electron chi connectivity index (χ3n) is 3.64. The quantitative estimate of drug-likeness (QED) is 0.861. The average molecular weight is 285 g/mol. The summed E-state index contributed by atoms with van der Waals surface area (Å²) in [4.78, 5) is 2.32. The Morgan fingerprint density at radius 1 is 1.10 bits per heavy atom. The van der Waals surface area contributed by atoms with Crippen LogP contribution >= 0.6 is 0 Å². The normalized spacial score (nSPS) is 15.6. The molecular weight excluding hydrogens is 266 g/mol. The number of nitrogens with zero attached hydrogens (tertiary/aromatic N) is 5. The van der Waals surface area contributed by atoms with Crippen LogP contribution < -0.4 is 4.74 Å². The molecule has 0 saturated carbocycles. The van der Waals surface area contributed by atoms with Gasteiger partial charge in [0.25, 0.3) is 0 Å². The van der Waals surface area contributed by atoms with Gasteiger partial charge in [0.05, 0.1) is 12.8 Å². The van der Waals surface area contributed by atoms with Crippen molar-refractivity contribution < 1.29 is 4.74 Å². The predicted molar refractivity (Wildman–Crippen MR) is 80.2 cm³/mol. The molecule has 1 aromatic heterocycles. The van der Waals surface area contributed by atoms with Crippen molar-refractivity contribution in [3.63, 3.8) is 0 Å². The molecule has 6 heteroatoms. The van der Waals surface area contributed by atoms with Crippen LogP contribution in [0.1, 0.15) is 25.1 Å². The summed E-state index contributed by atoms with van der Waals surface area (Å²) in [6, 6.07) is 7.67. The number of hydrogen-bond acceptors (Lipinski definition) is 5. The summed E-state index contributed by atoms with van der Waals surface area (Å²) in [7, 11) is 1.65. The van der Waals surface area contributed by atoms with Crippen molar-refractivity contribution in [2.75, 3.05) is 20.2 Å². The lowest BCUT2D eigenvalue weighted by Crippen LogP contribution is -2.24. The van der Waals surface area contributed by atoms with Gasteiger partial charge in [0.2, 0.25) is 0 Å². The summed E-state index contributed by atoms with van der Waals surface area (Å²) in [5, 5.41) is 11.9. The third-order valence-corrected chi connectivity index (χ3v) is 3.64. The van der Waals surface area contributed by atoms with Crippen molar-refractivity contribution in [3.8, 4) is 11.4 Å². The van der Waals surface area contributed by atoms with Crippen LogP contribution in [0.15, 0.2) is 30.5 Å². The summed E-state index contributed by atoms with van der Waals surface area (Å²) in [5.41, 5.74) is 0.916. The number of likely N-dealkylation sites (tertiary alicyclic amines) is 1. The molecule has 0 N–H and O–H groups in total. The fourth-order valence-corrected chi connectivity index (χ4v) is 2.44. The highest BCUT2D eigenvalue weighted by Gasteiger charge is 2.08. The van der Waals surface area contributed by atoms with Gasteiger partial charge >= 0.3 is 0 Å². The predicted octanol–water partition coefficient (Wildman–Crippen LogP) is 2.13. The lowest BCUT2D eigenvalue weighted by atomic mass is 10.1. The number of rotatable bonds is 4. The topological polar surface area (TPSA) is 56.1 Å². The lowest BCUT2D eigenvalue weighted by Gasteiger charge is -2.24. The maximum absolute atomic E-state index is 5.16. The molecule has 0 amide bonds. The lowest BCUT2D eigenvalue weighted by molar-refractivity contribution is 0.311. The van der Waals surface area contributed by atoms with Crippen molar-refractivity contribution in [3.05, 3.63) is 36.3 Å². The van der Waals surface area contributed by atoms with Crippen LogP contribution in [-0.4, -0.2) is 45.3 Å². The van der Waals surface area contributed by atoms with E-state index in [1.54, 1.807) is 11.8 Å². The van der Waals surface area contributed by atoms with Crippen molar-refractivity contribution in [1.29, 1.82) is 0 Å². The Balaban J connectivity index is 1.77. The minimum atomic E-state index is 0.728. The van der Waals surface area contributed by atoms with E-state index in [0.29, 0.717) is 0 Å². The van der Waals surface area contributed by atoms with Gasteiger partial charge in [-0.25, -0.2) is 0 Å². The molecule has 1 saturated heterocycles. The van der Waals surface area contributed by atoms with Gasteiger partial charge in [0.1, 0.15) is 5.75 Å². The van der Waals surface area contributed by atoms with Gasteiger partial charge in [-0.1, -0.05) is 0 Å². The average Bonchev–Trinajstić information content (AvgIpc) is 3.02. The van der Waals surface area contributed by atoms with E-state index in [0.717, 1.165) is 30.4 Å². The second-order valence-corrected chi connectivity index (χ2v) is 5.06. The Hall–Kier alpha value is -2.37. The Bertz CT molecular complexity index is 599. The Morgan fingerprint density at radius 2 is 1.86 bits per heavy atom. The second-order valence-electron chi connectivity index (χ2n) is 5.06. The molecule has 1 aliphatic heterocycles. The van der Waals surface area contributed by atoms with E-state index < -0.39 is 0 Å². The molecule has 2 heterocycles. The van der Waals surface area contributed by atoms with Crippen molar-refractivity contribution >= 4 is 6.08 Å². The molecule has 21 heavy (non-hydrogen) atoms. The van der Waals surface area contributed by atoms with E-state index in [-0.39, 0.29) is 0 Å². The molecule has 110 valence electrons. The second kappa shape index (κ2) is 6.39. The smallest absolute Gasteiger partial charge is 0.181 e. The summed E-state index contributed by atoms with van der Waals surface area (Å²) in [6.07, 6.45) is 7.90. The number of benzene rings is 1. The van der Waals surface area contributed by atoms with Gasteiger partial charge in [-0.3, -0.25) is 0 Å². The molecule has 0 radical (unpaired) electrons. The van der Waals surface area contributed by atoms with E-state index in [4.69, 9.17) is 4.74 Å². The monoisotopic (exact) mass is 285 g/mol. The Kier molecular flexibility index (Phi) is 4.14. The van der Waals surface area contributed by atoms with Crippen LogP contribution in [-0.2, 0) is 0 Å². The summed E-state index contributed by atoms with van der Waals surface area (Å²) < 4.78 is 6.88. The Labute approximate surface area is 124 Å². The van der Waals surface area contributed by atoms with Gasteiger partial charge < -0.3 is 9.64 Å². The Morgan fingerprint density at radius 3 is 2.57 bits per heavy atom. The first kappa shape index (κ1) is 13.6. The molecule has 1 fully saturated rings. The van der Waals surface area contributed by atoms with Crippen LogP contribution in [0.2, 0.25) is 0 Å². The fraction of sp³-hybridized carbons (Fsp3) is 0.400. The van der Waals surface area contributed by atoms with Gasteiger partial charge in [-0.05, 0) is 54.0 Å². The molecule has 0 atom stereocenters. The minimum Gasteiger partial charge on any atom is -0.497 e. The van der Waals surface area contributed by atoms with Crippen LogP contribution in [0.5, 0.6) is 5.75 Å². The van der Waals surface area contributed by atoms with Gasteiger partial charge in [0, 0.05) is 25.4 Å². The van der Waals surface area contributed by atoms with Crippen LogP contribution in [0.3, 0.4) is 0 Å². The molecule has 3 rings (SSSR count). The SMILES string of the molecule is COc1ccc(-n2nnnc2/C=C\N2CCCCC2)cc1. The molecular formula is C15H19N5O. The number of tetrazole rings is 1. The van der Waals surface area contributed by atoms with Crippen molar-refractivity contribution in [1.82, 2.24) is 25.1 Å². The fourth-order valence-electron chi connectivity index (χ4n) is 2.44. The van der Waals surface area contributed by atoms with E-state index >= 15 is 0 Å². The molecule has 0 bridgehead atoms. The maximum atomic E-state index is 5.16. The first-order valence-electron chi connectivity index (χ1n) is 7.22. The zero-order valence-corrected chi connectivity index (χ0v) is 12.1. The van der Waals surface area contributed by atoms with Crippen molar-refractivity contribution in [2.45, 2.75) is 19.3 Å². The van der Waals surface area contributed by atoms with E-state index in [9.17, 15) is 0 Å². The zero-order chi connectivity index (χ0) is 14.5. The number of piperidine rings is 1. The number of methoxy groups -OCH3 is 1. The van der Waals surface area contributed by atoms with Gasteiger partial charge in [-0.15, -0.1) is 5.10 Å². The summed E-state index contributed by atoms with van der Waals surface area (Å²) in [5.74, 6) is 1.54. The summed E-state index contributed by atoms with van der Waals surface area (Å²) >= 11 is 0. The summed E-state index contributed by atoms with van der Waals surface area (Å²) in [6.45, 7) is 2.22. The maximum Gasteiger partial charge on any atom is 0.181 e. The van der Waals surface area contributed by atoms with Crippen molar-refractivity contribution in [2.24, 2.45) is 0 Å². The largest absolute Gasteiger partial charge is 0.497 e. The van der Waals surface area contributed by atoms with E-state index in [2.05, 4.69) is 26.6 Å². The third kappa shape index (κ3) is 3.21. The minimum absolute atomic E-state index is 0.728. The molecule has 0 unspecified atom stereocenters. The zero-order valence-electron chi connectivity index (χ0n) is 12.1. The van der Waals surface area contributed by atoms with E-state index in [1.807, 2.05) is 30.3 Å². The first-order valence-corrected chi connectivity index (χ1v) is 7.22. The molecule has 2 aromatic rings. The highest BCUT2D eigenvalue weighted by Crippen LogP contribution is 2.16. The highest BCUT2D eigenvalue weighted by atomic mass is 16.5. The number of hydrogen-bond donors (Lipinski definition) is 0. The standard InChI is InChI=1S/C15H19N5O/c1-21-14-7-5-13(6-8-14)20-15(16-17-18-20)9-12-19-10-3-2-4-11-19/h5-9,12H,2-4,10-11H2,1H3/b12-9-. The molecule has 0 spiro atoms. The van der Waals surface area contributed by atoms with E-state index in [1.165, 1.54) is 19.3 Å². The number of aromatic nitrogens is 4. The van der Waals surface area contributed by atoms with Crippen LogP contribution in [0.4, 0.5) is 0 Å². The van der Waals surface area contributed by atoms with Gasteiger partial charge in [-0.2, -0.15) is 4.68 Å². The van der Waals surface area contributed by atoms with Crippen LogP contribution in [0.25, 0.3) is 11.8 Å². The first-order chi connectivity index (χ1) is 10.4. The molecule has 6 nitrogen and oxygen atoms in total. The molecule has 1 aromatic carbocycles. The number of ether oxygens (including phenoxy) is 1. The highest BCUT2D eigenvalue weighted by molar-refractivity contribution is 5.45. The molecule has 1 aliphatic rings. The van der Waals surface area contributed by atoms with Gasteiger partial charge in [0.15, 0.2) is 5.82 Å². The molecule has 0 aliphatic carbocycles. The van der Waals surface area contributed by atoms with Crippen LogP contribution in [0, 0.1) is 0 Å².